The Morgan fingerprint density at radius 3 is 1.76 bits per heavy atom. The average Bonchev–Trinajstić information content (AvgIpc) is 2.45. The lowest BCUT2D eigenvalue weighted by atomic mass is 10.3. The first-order chi connectivity index (χ1) is 11.6. The minimum Gasteiger partial charge on any atom is -0.354 e. The molecule has 0 aromatic rings. The van der Waals surface area contributed by atoms with Crippen molar-refractivity contribution in [2.75, 3.05) is 45.0 Å². The summed E-state index contributed by atoms with van der Waals surface area (Å²) in [5, 5.41) is 7.25. The van der Waals surface area contributed by atoms with E-state index in [2.05, 4.69) is 16.0 Å². The molecule has 0 aromatic carbocycles. The molecule has 0 aliphatic heterocycles. The van der Waals surface area contributed by atoms with Gasteiger partial charge in [0.15, 0.2) is 0 Å². The summed E-state index contributed by atoms with van der Waals surface area (Å²) in [4.78, 5) is 34.8. The molecule has 0 aliphatic carbocycles. The molecule has 0 fully saturated rings. The van der Waals surface area contributed by atoms with E-state index >= 15 is 0 Å². The van der Waals surface area contributed by atoms with Crippen LogP contribution in [-0.4, -0.2) is 80.9 Å². The molecular weight excluding hydrogens is 356 g/mol. The van der Waals surface area contributed by atoms with Gasteiger partial charge in [0.25, 0.3) is 10.1 Å². The second kappa shape index (κ2) is 12.3. The SMILES string of the molecule is NC(=O)NCCCN(CCCNC(N)=O)CC(=O)NCCS(=O)(=O)O. The molecule has 0 aromatic heterocycles. The van der Waals surface area contributed by atoms with Crippen molar-refractivity contribution in [2.24, 2.45) is 11.5 Å². The van der Waals surface area contributed by atoms with E-state index in [1.165, 1.54) is 0 Å². The Hall–Kier alpha value is -2.12. The van der Waals surface area contributed by atoms with E-state index in [0.717, 1.165) is 0 Å². The largest absolute Gasteiger partial charge is 0.354 e. The van der Waals surface area contributed by atoms with E-state index in [-0.39, 0.29) is 13.1 Å². The molecule has 13 heteroatoms. The maximum atomic E-state index is 11.8. The average molecular weight is 382 g/mol. The summed E-state index contributed by atoms with van der Waals surface area (Å²) in [6.45, 7) is 1.44. The molecule has 25 heavy (non-hydrogen) atoms. The molecule has 0 spiro atoms. The minimum absolute atomic E-state index is 0.00137. The zero-order valence-corrected chi connectivity index (χ0v) is 14.7. The Kier molecular flexibility index (Phi) is 11.2. The molecule has 146 valence electrons. The highest BCUT2D eigenvalue weighted by Crippen LogP contribution is 1.94. The predicted octanol–water partition coefficient (Wildman–Crippen LogP) is -2.59. The molecule has 0 unspecified atom stereocenters. The lowest BCUT2D eigenvalue weighted by Crippen LogP contribution is -2.41. The summed E-state index contributed by atoms with van der Waals surface area (Å²) >= 11 is 0. The van der Waals surface area contributed by atoms with Crippen LogP contribution in [0.25, 0.3) is 0 Å². The fourth-order valence-electron chi connectivity index (χ4n) is 1.88. The van der Waals surface area contributed by atoms with E-state index in [1.54, 1.807) is 4.90 Å². The van der Waals surface area contributed by atoms with E-state index in [0.29, 0.717) is 39.0 Å². The fourth-order valence-corrected chi connectivity index (χ4v) is 2.24. The normalized spacial score (nSPS) is 11.1. The van der Waals surface area contributed by atoms with Crippen molar-refractivity contribution in [3.05, 3.63) is 0 Å². The first-order valence-corrected chi connectivity index (χ1v) is 9.22. The number of nitrogens with one attached hydrogen (secondary N) is 3. The lowest BCUT2D eigenvalue weighted by molar-refractivity contribution is -0.122. The van der Waals surface area contributed by atoms with Crippen molar-refractivity contribution >= 4 is 28.1 Å². The Balaban J connectivity index is 4.26. The monoisotopic (exact) mass is 382 g/mol. The Labute approximate surface area is 146 Å². The third-order valence-electron chi connectivity index (χ3n) is 2.95. The van der Waals surface area contributed by atoms with Crippen LogP contribution in [0.5, 0.6) is 0 Å². The standard InChI is InChI=1S/C12H26N6O6S/c13-11(20)16-3-1-6-18(7-2-4-17-12(14)21)9-10(19)15-5-8-25(22,23)24/h1-9H2,(H,15,19)(H3,13,16,20)(H3,14,17,21)(H,22,23,24). The molecule has 0 heterocycles. The Bertz CT molecular complexity index is 518. The highest BCUT2D eigenvalue weighted by atomic mass is 32.2. The van der Waals surface area contributed by atoms with Gasteiger partial charge in [-0.05, 0) is 12.8 Å². The summed E-state index contributed by atoms with van der Waals surface area (Å²) < 4.78 is 29.8. The first-order valence-electron chi connectivity index (χ1n) is 7.61. The quantitative estimate of drug-likeness (QED) is 0.148. The van der Waals surface area contributed by atoms with E-state index in [1.807, 2.05) is 0 Å². The molecule has 0 aliphatic rings. The summed E-state index contributed by atoms with van der Waals surface area (Å²) in [5.74, 6) is -0.974. The van der Waals surface area contributed by atoms with Gasteiger partial charge in [0.05, 0.1) is 12.3 Å². The molecule has 5 amide bonds. The van der Waals surface area contributed by atoms with Gasteiger partial charge in [0, 0.05) is 32.7 Å². The van der Waals surface area contributed by atoms with Gasteiger partial charge in [-0.2, -0.15) is 8.42 Å². The van der Waals surface area contributed by atoms with Gasteiger partial charge in [-0.15, -0.1) is 0 Å². The third-order valence-corrected chi connectivity index (χ3v) is 3.67. The van der Waals surface area contributed by atoms with E-state index < -0.39 is 33.8 Å². The van der Waals surface area contributed by atoms with Gasteiger partial charge in [0.1, 0.15) is 0 Å². The maximum absolute atomic E-state index is 11.8. The van der Waals surface area contributed by atoms with Gasteiger partial charge in [-0.25, -0.2) is 9.59 Å². The maximum Gasteiger partial charge on any atom is 0.312 e. The minimum atomic E-state index is -4.13. The smallest absolute Gasteiger partial charge is 0.312 e. The van der Waals surface area contributed by atoms with Crippen molar-refractivity contribution < 1.29 is 27.4 Å². The zero-order chi connectivity index (χ0) is 19.3. The number of carbonyl (C=O) groups excluding carboxylic acids is 3. The summed E-state index contributed by atoms with van der Waals surface area (Å²) in [6, 6.07) is -1.28. The number of hydrogen-bond acceptors (Lipinski definition) is 6. The third kappa shape index (κ3) is 16.5. The molecular formula is C12H26N6O6S. The predicted molar refractivity (Wildman–Crippen MR) is 90.3 cm³/mol. The van der Waals surface area contributed by atoms with Crippen LogP contribution in [0.2, 0.25) is 0 Å². The van der Waals surface area contributed by atoms with Crippen LogP contribution in [0.1, 0.15) is 12.8 Å². The molecule has 0 saturated heterocycles. The lowest BCUT2D eigenvalue weighted by Gasteiger charge is -2.21. The Morgan fingerprint density at radius 2 is 1.36 bits per heavy atom. The van der Waals surface area contributed by atoms with Crippen molar-refractivity contribution in [1.82, 2.24) is 20.9 Å². The molecule has 0 bridgehead atoms. The van der Waals surface area contributed by atoms with Crippen LogP contribution < -0.4 is 27.4 Å². The summed E-state index contributed by atoms with van der Waals surface area (Å²) in [6.07, 6.45) is 1.09. The second-order valence-corrected chi connectivity index (χ2v) is 6.77. The Morgan fingerprint density at radius 1 is 0.880 bits per heavy atom. The van der Waals surface area contributed by atoms with Crippen LogP contribution in [0.4, 0.5) is 9.59 Å². The molecule has 0 saturated carbocycles. The zero-order valence-electron chi connectivity index (χ0n) is 13.9. The number of nitrogens with two attached hydrogens (primary N) is 2. The molecule has 0 atom stereocenters. The first kappa shape index (κ1) is 22.9. The van der Waals surface area contributed by atoms with Crippen LogP contribution in [-0.2, 0) is 14.9 Å². The molecule has 12 nitrogen and oxygen atoms in total. The van der Waals surface area contributed by atoms with Gasteiger partial charge < -0.3 is 27.4 Å². The summed E-state index contributed by atoms with van der Waals surface area (Å²) in [7, 11) is -4.13. The number of nitrogens with zero attached hydrogens (tertiary/aromatic N) is 1. The van der Waals surface area contributed by atoms with Crippen LogP contribution >= 0.6 is 0 Å². The number of carbonyl (C=O) groups is 3. The van der Waals surface area contributed by atoms with Crippen molar-refractivity contribution in [3.63, 3.8) is 0 Å². The topological polar surface area (TPSA) is 197 Å². The fraction of sp³-hybridized carbons (Fsp3) is 0.750. The van der Waals surface area contributed by atoms with Gasteiger partial charge in [-0.1, -0.05) is 0 Å². The van der Waals surface area contributed by atoms with Crippen LogP contribution in [0.15, 0.2) is 0 Å². The van der Waals surface area contributed by atoms with Crippen LogP contribution in [0, 0.1) is 0 Å². The van der Waals surface area contributed by atoms with E-state index in [9.17, 15) is 22.8 Å². The number of urea groups is 2. The highest BCUT2D eigenvalue weighted by Gasteiger charge is 2.12. The van der Waals surface area contributed by atoms with Gasteiger partial charge in [0.2, 0.25) is 5.91 Å². The molecule has 8 N–H and O–H groups in total. The van der Waals surface area contributed by atoms with Gasteiger partial charge in [-0.3, -0.25) is 14.2 Å². The molecule has 0 rings (SSSR count). The van der Waals surface area contributed by atoms with Crippen LogP contribution in [0.3, 0.4) is 0 Å². The van der Waals surface area contributed by atoms with Crippen molar-refractivity contribution in [3.8, 4) is 0 Å². The number of primary amides is 2. The van der Waals surface area contributed by atoms with E-state index in [4.69, 9.17) is 16.0 Å². The highest BCUT2D eigenvalue weighted by molar-refractivity contribution is 7.85. The second-order valence-electron chi connectivity index (χ2n) is 5.20. The summed E-state index contributed by atoms with van der Waals surface area (Å²) in [5.41, 5.74) is 9.91. The van der Waals surface area contributed by atoms with Crippen molar-refractivity contribution in [1.29, 1.82) is 0 Å². The number of rotatable bonds is 13. The number of hydrogen-bond donors (Lipinski definition) is 6. The molecule has 0 radical (unpaired) electrons. The number of amides is 5. The van der Waals surface area contributed by atoms with Crippen molar-refractivity contribution in [2.45, 2.75) is 12.8 Å². The van der Waals surface area contributed by atoms with Gasteiger partial charge >= 0.3 is 12.1 Å².